The minimum absolute atomic E-state index is 0.145. The molecule has 22 heavy (non-hydrogen) atoms. The van der Waals surface area contributed by atoms with Crippen molar-refractivity contribution in [2.24, 2.45) is 0 Å². The van der Waals surface area contributed by atoms with Crippen LogP contribution in [0.5, 0.6) is 0 Å². The van der Waals surface area contributed by atoms with Gasteiger partial charge in [-0.05, 0) is 29.8 Å². The number of halogens is 1. The molecule has 0 aromatic heterocycles. The Balaban J connectivity index is 2.30. The number of aliphatic carboxylic acids is 1. The zero-order valence-corrected chi connectivity index (χ0v) is 12.2. The van der Waals surface area contributed by atoms with E-state index in [1.165, 1.54) is 0 Å². The van der Waals surface area contributed by atoms with Crippen molar-refractivity contribution in [1.29, 1.82) is 0 Å². The molecule has 1 atom stereocenters. The fraction of sp³-hybridized carbons (Fsp3) is 0.133. The molecule has 2 aromatic carbocycles. The smallest absolute Gasteiger partial charge is 0.241 e. The predicted octanol–water partition coefficient (Wildman–Crippen LogP) is 0.985. The molecule has 116 valence electrons. The molecule has 0 unspecified atom stereocenters. The van der Waals surface area contributed by atoms with E-state index in [1.807, 2.05) is 0 Å². The van der Waals surface area contributed by atoms with Crippen LogP contribution in [-0.2, 0) is 14.8 Å². The largest absolute Gasteiger partial charge is 0.550 e. The molecule has 2 aromatic rings. The second kappa shape index (κ2) is 6.67. The average Bonchev–Trinajstić information content (AvgIpc) is 2.47. The molecule has 0 bridgehead atoms. The molecular weight excluding hydrogens is 309 g/mol. The van der Waals surface area contributed by atoms with Crippen molar-refractivity contribution in [1.82, 2.24) is 4.72 Å². The van der Waals surface area contributed by atoms with Gasteiger partial charge >= 0.3 is 0 Å². The molecule has 0 saturated heterocycles. The number of carbonyl (C=O) groups excluding carboxylic acids is 1. The van der Waals surface area contributed by atoms with Crippen LogP contribution >= 0.6 is 0 Å². The van der Waals surface area contributed by atoms with Gasteiger partial charge in [-0.15, -0.1) is 0 Å². The van der Waals surface area contributed by atoms with Crippen molar-refractivity contribution in [3.63, 3.8) is 0 Å². The van der Waals surface area contributed by atoms with Gasteiger partial charge < -0.3 is 9.90 Å². The summed E-state index contributed by atoms with van der Waals surface area (Å²) in [5.74, 6) is -1.94. The minimum atomic E-state index is -3.98. The van der Waals surface area contributed by atoms with E-state index >= 15 is 0 Å². The monoisotopic (exact) mass is 322 g/mol. The summed E-state index contributed by atoms with van der Waals surface area (Å²) < 4.78 is 39.7. The Morgan fingerprint density at radius 2 is 1.68 bits per heavy atom. The summed E-state index contributed by atoms with van der Waals surface area (Å²) in [6.45, 7) is 0. The van der Waals surface area contributed by atoms with Gasteiger partial charge in [0.05, 0.1) is 10.9 Å². The van der Waals surface area contributed by atoms with Crippen LogP contribution in [0.3, 0.4) is 0 Å². The lowest BCUT2D eigenvalue weighted by atomic mass is 10.1. The molecule has 0 heterocycles. The maximum atomic E-state index is 12.9. The fourth-order valence-electron chi connectivity index (χ4n) is 1.95. The standard InChI is InChI=1S/C15H14FNO4S/c16-12-6-8-13(9-7-12)22(20,21)17-14(10-15(18)19)11-4-2-1-3-5-11/h1-9,14,17H,10H2,(H,18,19)/p-1/t14-/m1/s1. The van der Waals surface area contributed by atoms with E-state index < -0.39 is 34.3 Å². The SMILES string of the molecule is O=C([O-])C[C@@H](NS(=O)(=O)c1ccc(F)cc1)c1ccccc1. The molecule has 0 fully saturated rings. The average molecular weight is 322 g/mol. The van der Waals surface area contributed by atoms with Crippen molar-refractivity contribution < 1.29 is 22.7 Å². The van der Waals surface area contributed by atoms with E-state index in [0.717, 1.165) is 24.3 Å². The molecule has 5 nitrogen and oxygen atoms in total. The number of nitrogens with one attached hydrogen (secondary N) is 1. The maximum absolute atomic E-state index is 12.9. The van der Waals surface area contributed by atoms with E-state index in [4.69, 9.17) is 0 Å². The van der Waals surface area contributed by atoms with Gasteiger partial charge in [-0.25, -0.2) is 17.5 Å². The first-order valence-electron chi connectivity index (χ1n) is 6.41. The molecule has 1 N–H and O–H groups in total. The number of carboxylic acid groups (broad SMARTS) is 1. The first kappa shape index (κ1) is 16.1. The van der Waals surface area contributed by atoms with E-state index in [-0.39, 0.29) is 4.90 Å². The third-order valence-electron chi connectivity index (χ3n) is 2.99. The summed E-state index contributed by atoms with van der Waals surface area (Å²) in [5.41, 5.74) is 0.498. The molecule has 0 radical (unpaired) electrons. The molecule has 0 aliphatic rings. The number of carboxylic acids is 1. The lowest BCUT2D eigenvalue weighted by Gasteiger charge is -2.19. The van der Waals surface area contributed by atoms with Crippen LogP contribution in [0.25, 0.3) is 0 Å². The summed E-state index contributed by atoms with van der Waals surface area (Å²) in [7, 11) is -3.98. The zero-order chi connectivity index (χ0) is 16.2. The highest BCUT2D eigenvalue weighted by atomic mass is 32.2. The quantitative estimate of drug-likeness (QED) is 0.859. The molecule has 0 aliphatic heterocycles. The first-order chi connectivity index (χ1) is 10.4. The highest BCUT2D eigenvalue weighted by Gasteiger charge is 2.21. The number of benzene rings is 2. The van der Waals surface area contributed by atoms with Crippen LogP contribution in [0.15, 0.2) is 59.5 Å². The Hall–Kier alpha value is -2.25. The Morgan fingerprint density at radius 3 is 2.23 bits per heavy atom. The molecule has 0 saturated carbocycles. The Labute approximate surface area is 127 Å². The van der Waals surface area contributed by atoms with E-state index in [1.54, 1.807) is 30.3 Å². The highest BCUT2D eigenvalue weighted by Crippen LogP contribution is 2.20. The van der Waals surface area contributed by atoms with E-state index in [0.29, 0.717) is 5.56 Å². The van der Waals surface area contributed by atoms with Crippen molar-refractivity contribution in [3.05, 3.63) is 66.0 Å². The first-order valence-corrected chi connectivity index (χ1v) is 7.89. The van der Waals surface area contributed by atoms with Crippen LogP contribution in [0.1, 0.15) is 18.0 Å². The summed E-state index contributed by atoms with van der Waals surface area (Å²) >= 11 is 0. The zero-order valence-electron chi connectivity index (χ0n) is 11.4. The Kier molecular flexibility index (Phi) is 4.89. The van der Waals surface area contributed by atoms with E-state index in [9.17, 15) is 22.7 Å². The summed E-state index contributed by atoms with van der Waals surface area (Å²) in [6.07, 6.45) is -0.509. The highest BCUT2D eigenvalue weighted by molar-refractivity contribution is 7.89. The van der Waals surface area contributed by atoms with Gasteiger partial charge in [0.15, 0.2) is 0 Å². The second-order valence-electron chi connectivity index (χ2n) is 4.61. The van der Waals surface area contributed by atoms with Gasteiger partial charge in [0.2, 0.25) is 10.0 Å². The molecular formula is C15H13FNO4S-. The van der Waals surface area contributed by atoms with Crippen LogP contribution in [0, 0.1) is 5.82 Å². The third-order valence-corrected chi connectivity index (χ3v) is 4.48. The van der Waals surface area contributed by atoms with Crippen molar-refractivity contribution in [2.45, 2.75) is 17.4 Å². The van der Waals surface area contributed by atoms with Crippen LogP contribution in [0.2, 0.25) is 0 Å². The van der Waals surface area contributed by atoms with Crippen LogP contribution in [0.4, 0.5) is 4.39 Å². The van der Waals surface area contributed by atoms with Gasteiger partial charge in [-0.2, -0.15) is 0 Å². The second-order valence-corrected chi connectivity index (χ2v) is 6.33. The van der Waals surface area contributed by atoms with Crippen LogP contribution in [-0.4, -0.2) is 14.4 Å². The molecule has 0 amide bonds. The van der Waals surface area contributed by atoms with E-state index in [2.05, 4.69) is 4.72 Å². The predicted molar refractivity (Wildman–Crippen MR) is 75.5 cm³/mol. The lowest BCUT2D eigenvalue weighted by Crippen LogP contribution is -2.34. The van der Waals surface area contributed by atoms with Crippen molar-refractivity contribution >= 4 is 16.0 Å². The van der Waals surface area contributed by atoms with Crippen molar-refractivity contribution in [2.75, 3.05) is 0 Å². The third kappa shape index (κ3) is 4.12. The lowest BCUT2D eigenvalue weighted by molar-refractivity contribution is -0.306. The van der Waals surface area contributed by atoms with Gasteiger partial charge in [-0.3, -0.25) is 0 Å². The number of rotatable bonds is 6. The van der Waals surface area contributed by atoms with Gasteiger partial charge in [0.25, 0.3) is 0 Å². The molecule has 2 rings (SSSR count). The van der Waals surface area contributed by atoms with Gasteiger partial charge in [0, 0.05) is 12.4 Å². The Bertz CT molecular complexity index is 745. The number of carbonyl (C=O) groups is 1. The fourth-order valence-corrected chi connectivity index (χ4v) is 3.17. The Morgan fingerprint density at radius 1 is 1.09 bits per heavy atom. The topological polar surface area (TPSA) is 86.3 Å². The molecule has 7 heteroatoms. The van der Waals surface area contributed by atoms with Crippen LogP contribution < -0.4 is 9.83 Å². The maximum Gasteiger partial charge on any atom is 0.241 e. The van der Waals surface area contributed by atoms with Gasteiger partial charge in [-0.1, -0.05) is 30.3 Å². The summed E-state index contributed by atoms with van der Waals surface area (Å²) in [5, 5.41) is 10.9. The van der Waals surface area contributed by atoms with Crippen molar-refractivity contribution in [3.8, 4) is 0 Å². The number of hydrogen-bond donors (Lipinski definition) is 1. The number of sulfonamides is 1. The summed E-state index contributed by atoms with van der Waals surface area (Å²) in [6, 6.07) is 11.6. The van der Waals surface area contributed by atoms with Gasteiger partial charge in [0.1, 0.15) is 5.82 Å². The summed E-state index contributed by atoms with van der Waals surface area (Å²) in [4.78, 5) is 10.7. The molecule has 0 spiro atoms. The minimum Gasteiger partial charge on any atom is -0.550 e. The molecule has 0 aliphatic carbocycles. The normalized spacial score (nSPS) is 12.8. The number of hydrogen-bond acceptors (Lipinski definition) is 4.